The Balaban J connectivity index is 1.66. The molecule has 4 N–H and O–H groups in total. The monoisotopic (exact) mass is 833 g/mol. The second-order valence-corrected chi connectivity index (χ2v) is 18.4. The third-order valence-corrected chi connectivity index (χ3v) is 7.88. The van der Waals surface area contributed by atoms with E-state index in [0.29, 0.717) is 24.6 Å². The van der Waals surface area contributed by atoms with Gasteiger partial charge >= 0.3 is 24.4 Å². The van der Waals surface area contributed by atoms with E-state index < -0.39 is 46.8 Å². The minimum absolute atomic E-state index is 0.0118. The van der Waals surface area contributed by atoms with E-state index in [0.717, 1.165) is 71.4 Å². The molecule has 0 unspecified atom stereocenters. The lowest BCUT2D eigenvalue weighted by atomic mass is 10.1. The van der Waals surface area contributed by atoms with Crippen molar-refractivity contribution in [1.29, 1.82) is 0 Å². The zero-order valence-corrected chi connectivity index (χ0v) is 37.7. The highest BCUT2D eigenvalue weighted by atomic mass is 16.6. The van der Waals surface area contributed by atoms with Crippen molar-refractivity contribution in [3.63, 3.8) is 0 Å². The lowest BCUT2D eigenvalue weighted by molar-refractivity contribution is 0.0543. The first-order valence-corrected chi connectivity index (χ1v) is 20.7. The SMILES string of the molecule is CC(C)(C)OC(=O)/N=C(\NC(=O)OC(C)(C)C)Nc1ccc(OCCN2CCN(CCCCCCCCN/C(=N\C(=O)OC(C)(C)C)NC(=O)OC(C)(C)C)CC2)cc1. The quantitative estimate of drug-likeness (QED) is 0.0619. The Morgan fingerprint density at radius 1 is 0.559 bits per heavy atom. The average molecular weight is 833 g/mol. The Hall–Kier alpha value is -4.64. The summed E-state index contributed by atoms with van der Waals surface area (Å²) in [5.41, 5.74) is -2.31. The van der Waals surface area contributed by atoms with E-state index in [9.17, 15) is 19.2 Å². The zero-order chi connectivity index (χ0) is 44.3. The van der Waals surface area contributed by atoms with Gasteiger partial charge in [-0.2, -0.15) is 0 Å². The number of hydrogen-bond donors (Lipinski definition) is 4. The van der Waals surface area contributed by atoms with Gasteiger partial charge in [0.25, 0.3) is 0 Å². The van der Waals surface area contributed by atoms with Crippen LogP contribution in [0.5, 0.6) is 5.75 Å². The van der Waals surface area contributed by atoms with Gasteiger partial charge in [-0.1, -0.05) is 25.7 Å². The first-order valence-electron chi connectivity index (χ1n) is 20.7. The number of hydrogen-bond acceptors (Lipinski definition) is 11. The highest BCUT2D eigenvalue weighted by Crippen LogP contribution is 2.17. The van der Waals surface area contributed by atoms with Crippen LogP contribution in [0.15, 0.2) is 34.3 Å². The number of carbonyl (C=O) groups is 4. The number of ether oxygens (including phenoxy) is 5. The summed E-state index contributed by atoms with van der Waals surface area (Å²) in [5.74, 6) is 0.583. The minimum atomic E-state index is -0.857. The van der Waals surface area contributed by atoms with Crippen LogP contribution in [0.25, 0.3) is 0 Å². The molecule has 2 rings (SSSR count). The van der Waals surface area contributed by atoms with E-state index in [2.05, 4.69) is 41.1 Å². The van der Waals surface area contributed by atoms with Gasteiger partial charge in [0.2, 0.25) is 11.9 Å². The van der Waals surface area contributed by atoms with Crippen LogP contribution in [-0.2, 0) is 18.9 Å². The van der Waals surface area contributed by atoms with E-state index in [1.54, 1.807) is 95.2 Å². The summed E-state index contributed by atoms with van der Waals surface area (Å²) in [7, 11) is 0. The predicted molar refractivity (Wildman–Crippen MR) is 230 cm³/mol. The fraction of sp³-hybridized carbons (Fsp3) is 0.714. The van der Waals surface area contributed by atoms with E-state index in [-0.39, 0.29) is 11.9 Å². The third-order valence-electron chi connectivity index (χ3n) is 7.88. The molecule has 334 valence electrons. The maximum absolute atomic E-state index is 12.4. The highest BCUT2D eigenvalue weighted by molar-refractivity contribution is 6.06. The summed E-state index contributed by atoms with van der Waals surface area (Å²) in [5, 5.41) is 11.0. The van der Waals surface area contributed by atoms with Crippen LogP contribution in [0.3, 0.4) is 0 Å². The number of nitrogens with zero attached hydrogens (tertiary/aromatic N) is 4. The zero-order valence-electron chi connectivity index (χ0n) is 37.7. The number of rotatable bonds is 14. The number of unbranched alkanes of at least 4 members (excludes halogenated alkanes) is 5. The largest absolute Gasteiger partial charge is 0.492 e. The molecular formula is C42H72N8O9. The van der Waals surface area contributed by atoms with Gasteiger partial charge in [0, 0.05) is 45.0 Å². The molecule has 1 aromatic rings. The van der Waals surface area contributed by atoms with E-state index in [1.165, 1.54) is 6.42 Å². The van der Waals surface area contributed by atoms with Gasteiger partial charge in [0.05, 0.1) is 0 Å². The molecule has 0 aliphatic carbocycles. The van der Waals surface area contributed by atoms with Crippen LogP contribution >= 0.6 is 0 Å². The van der Waals surface area contributed by atoms with Gasteiger partial charge in [-0.3, -0.25) is 15.5 Å². The summed E-state index contributed by atoms with van der Waals surface area (Å²) in [6.07, 6.45) is 3.33. The van der Waals surface area contributed by atoms with Crippen molar-refractivity contribution in [2.75, 3.05) is 57.7 Å². The van der Waals surface area contributed by atoms with Crippen molar-refractivity contribution < 1.29 is 42.9 Å². The summed E-state index contributed by atoms with van der Waals surface area (Å²) in [4.78, 5) is 62.0. The number of anilines is 1. The highest BCUT2D eigenvalue weighted by Gasteiger charge is 2.22. The van der Waals surface area contributed by atoms with Crippen molar-refractivity contribution in [2.45, 2.75) is 144 Å². The lowest BCUT2D eigenvalue weighted by Gasteiger charge is -2.34. The maximum atomic E-state index is 12.4. The molecule has 17 nitrogen and oxygen atoms in total. The molecule has 59 heavy (non-hydrogen) atoms. The number of carbonyl (C=O) groups excluding carboxylic acids is 4. The molecular weight excluding hydrogens is 761 g/mol. The van der Waals surface area contributed by atoms with Crippen LogP contribution in [0.1, 0.15) is 122 Å². The second kappa shape index (κ2) is 23.8. The molecule has 1 fully saturated rings. The number of alkyl carbamates (subject to hydrolysis) is 2. The number of amides is 4. The van der Waals surface area contributed by atoms with Gasteiger partial charge in [0.1, 0.15) is 34.8 Å². The first-order chi connectivity index (χ1) is 27.3. The van der Waals surface area contributed by atoms with Gasteiger partial charge in [0.15, 0.2) is 0 Å². The maximum Gasteiger partial charge on any atom is 0.437 e. The molecule has 0 radical (unpaired) electrons. The Labute approximate surface area is 351 Å². The van der Waals surface area contributed by atoms with Gasteiger partial charge in [-0.25, -0.2) is 19.2 Å². The summed E-state index contributed by atoms with van der Waals surface area (Å²) < 4.78 is 27.1. The molecule has 0 spiro atoms. The lowest BCUT2D eigenvalue weighted by Crippen LogP contribution is -2.47. The average Bonchev–Trinajstić information content (AvgIpc) is 3.05. The molecule has 1 aliphatic rings. The standard InChI is InChI=1S/C42H72N8O9/c1-39(2,3)56-35(51)45-33(46-36(52)57-40(4,5)6)43-23-17-15-13-14-16-18-24-49-25-27-50(28-26-49)29-30-55-32-21-19-31(20-22-32)44-34(47-37(53)58-41(7,8)9)48-38(54)59-42(10,11)12/h19-22H,13-18,23-30H2,1-12H3,(H2,43,45,46,51,52)(H2,44,47,48,53,54). The normalized spacial score (nSPS) is 14.8. The van der Waals surface area contributed by atoms with Gasteiger partial charge < -0.3 is 39.2 Å². The van der Waals surface area contributed by atoms with Crippen molar-refractivity contribution in [3.05, 3.63) is 24.3 Å². The minimum Gasteiger partial charge on any atom is -0.492 e. The van der Waals surface area contributed by atoms with E-state index >= 15 is 0 Å². The van der Waals surface area contributed by atoms with Crippen molar-refractivity contribution in [2.24, 2.45) is 9.98 Å². The molecule has 0 saturated carbocycles. The number of aliphatic imine (C=N–C) groups is 2. The van der Waals surface area contributed by atoms with Crippen molar-refractivity contribution in [1.82, 2.24) is 25.8 Å². The smallest absolute Gasteiger partial charge is 0.437 e. The summed E-state index contributed by atoms with van der Waals surface area (Å²) >= 11 is 0. The fourth-order valence-corrected chi connectivity index (χ4v) is 5.43. The second-order valence-electron chi connectivity index (χ2n) is 18.4. The summed E-state index contributed by atoms with van der Waals surface area (Å²) in [6, 6.07) is 7.15. The number of guanidine groups is 2. The molecule has 1 aromatic carbocycles. The Morgan fingerprint density at radius 3 is 1.47 bits per heavy atom. The first kappa shape index (κ1) is 50.5. The Bertz CT molecular complexity index is 1530. The van der Waals surface area contributed by atoms with E-state index in [1.807, 2.05) is 12.1 Å². The molecule has 4 amide bonds. The van der Waals surface area contributed by atoms with Crippen LogP contribution in [-0.4, -0.2) is 121 Å². The van der Waals surface area contributed by atoms with Crippen LogP contribution in [0.2, 0.25) is 0 Å². The molecule has 0 bridgehead atoms. The molecule has 1 heterocycles. The molecule has 1 aliphatic heterocycles. The fourth-order valence-electron chi connectivity index (χ4n) is 5.43. The molecule has 0 aromatic heterocycles. The Kier molecular flexibility index (Phi) is 20.4. The Morgan fingerprint density at radius 2 is 0.983 bits per heavy atom. The van der Waals surface area contributed by atoms with Gasteiger partial charge in [-0.05, 0) is 127 Å². The molecule has 0 atom stereocenters. The van der Waals surface area contributed by atoms with Crippen LogP contribution in [0.4, 0.5) is 24.9 Å². The third kappa shape index (κ3) is 26.2. The molecule has 1 saturated heterocycles. The summed E-state index contributed by atoms with van der Waals surface area (Å²) in [6.45, 7) is 28.0. The van der Waals surface area contributed by atoms with Crippen molar-refractivity contribution >= 4 is 42.0 Å². The predicted octanol–water partition coefficient (Wildman–Crippen LogP) is 7.66. The number of piperazine rings is 1. The van der Waals surface area contributed by atoms with Crippen LogP contribution in [0, 0.1) is 0 Å². The number of nitrogens with one attached hydrogen (secondary N) is 4. The topological polar surface area (TPSA) is 194 Å². The van der Waals surface area contributed by atoms with Crippen LogP contribution < -0.4 is 26.0 Å². The van der Waals surface area contributed by atoms with Crippen molar-refractivity contribution in [3.8, 4) is 5.75 Å². The van der Waals surface area contributed by atoms with E-state index in [4.69, 9.17) is 23.7 Å². The molecule has 17 heteroatoms. The number of benzene rings is 1. The van der Waals surface area contributed by atoms with Gasteiger partial charge in [-0.15, -0.1) is 9.98 Å².